The van der Waals surface area contributed by atoms with Crippen molar-refractivity contribution in [1.82, 2.24) is 4.90 Å². The van der Waals surface area contributed by atoms with Gasteiger partial charge >= 0.3 is 0 Å². The first-order valence-electron chi connectivity index (χ1n) is 3.57. The van der Waals surface area contributed by atoms with Crippen LogP contribution in [0.5, 0.6) is 0 Å². The largest absolute Gasteiger partial charge is 0.339 e. The van der Waals surface area contributed by atoms with Crippen molar-refractivity contribution in [3.8, 4) is 0 Å². The van der Waals surface area contributed by atoms with Crippen LogP contribution in [0.4, 0.5) is 0 Å². The summed E-state index contributed by atoms with van der Waals surface area (Å²) in [6.07, 6.45) is 0.673. The standard InChI is InChI=1S/C6H12N2O3/c7-5(11-10)4-8-3-1-2-6(8)9/h5,10H,1-4,7H2/t5-/m0/s1. The maximum atomic E-state index is 11.0. The maximum absolute atomic E-state index is 11.0. The number of hydrogen-bond donors (Lipinski definition) is 2. The van der Waals surface area contributed by atoms with Crippen LogP contribution in [0, 0.1) is 0 Å². The molecule has 3 N–H and O–H groups in total. The third kappa shape index (κ3) is 2.14. The van der Waals surface area contributed by atoms with Gasteiger partial charge in [0.15, 0.2) is 6.23 Å². The van der Waals surface area contributed by atoms with Gasteiger partial charge < -0.3 is 10.6 Å². The summed E-state index contributed by atoms with van der Waals surface area (Å²) >= 11 is 0. The molecular formula is C6H12N2O3. The minimum Gasteiger partial charge on any atom is -0.339 e. The molecule has 0 aliphatic carbocycles. The first kappa shape index (κ1) is 8.45. The molecule has 1 aliphatic rings. The van der Waals surface area contributed by atoms with Crippen LogP contribution in [-0.2, 0) is 9.68 Å². The maximum Gasteiger partial charge on any atom is 0.222 e. The highest BCUT2D eigenvalue weighted by atomic mass is 17.1. The highest BCUT2D eigenvalue weighted by Crippen LogP contribution is 2.09. The molecule has 0 radical (unpaired) electrons. The average Bonchev–Trinajstić information content (AvgIpc) is 2.37. The molecule has 0 unspecified atom stereocenters. The Labute approximate surface area is 64.7 Å². The lowest BCUT2D eigenvalue weighted by Gasteiger charge is -2.17. The van der Waals surface area contributed by atoms with Gasteiger partial charge in [0.05, 0.1) is 6.54 Å². The number of amides is 1. The molecule has 0 aromatic rings. The monoisotopic (exact) mass is 160 g/mol. The van der Waals surface area contributed by atoms with Gasteiger partial charge in [0, 0.05) is 13.0 Å². The van der Waals surface area contributed by atoms with Gasteiger partial charge in [-0.3, -0.25) is 10.1 Å². The molecular weight excluding hydrogens is 148 g/mol. The van der Waals surface area contributed by atoms with Crippen LogP contribution in [0.1, 0.15) is 12.8 Å². The summed E-state index contributed by atoms with van der Waals surface area (Å²) in [6.45, 7) is 0.991. The number of likely N-dealkylation sites (tertiary alicyclic amines) is 1. The van der Waals surface area contributed by atoms with Crippen molar-refractivity contribution in [1.29, 1.82) is 0 Å². The molecule has 11 heavy (non-hydrogen) atoms. The molecule has 0 aromatic heterocycles. The van der Waals surface area contributed by atoms with Crippen molar-refractivity contribution in [3.63, 3.8) is 0 Å². The molecule has 5 nitrogen and oxygen atoms in total. The predicted molar refractivity (Wildman–Crippen MR) is 37.5 cm³/mol. The highest BCUT2D eigenvalue weighted by molar-refractivity contribution is 5.78. The van der Waals surface area contributed by atoms with Gasteiger partial charge in [-0.2, -0.15) is 0 Å². The molecule has 0 bridgehead atoms. The number of carbonyl (C=O) groups is 1. The first-order chi connectivity index (χ1) is 5.24. The smallest absolute Gasteiger partial charge is 0.222 e. The molecule has 1 rings (SSSR count). The Morgan fingerprint density at radius 2 is 2.55 bits per heavy atom. The fourth-order valence-corrected chi connectivity index (χ4v) is 1.15. The Balaban J connectivity index is 2.30. The SMILES string of the molecule is N[C@H](CN1CCCC1=O)OO. The van der Waals surface area contributed by atoms with Crippen LogP contribution in [-0.4, -0.2) is 35.4 Å². The van der Waals surface area contributed by atoms with E-state index in [0.717, 1.165) is 13.0 Å². The quantitative estimate of drug-likeness (QED) is 0.328. The summed E-state index contributed by atoms with van der Waals surface area (Å²) in [5, 5.41) is 8.12. The van der Waals surface area contributed by atoms with Crippen molar-refractivity contribution >= 4 is 5.91 Å². The zero-order valence-electron chi connectivity index (χ0n) is 6.19. The van der Waals surface area contributed by atoms with E-state index in [1.165, 1.54) is 0 Å². The highest BCUT2D eigenvalue weighted by Gasteiger charge is 2.21. The van der Waals surface area contributed by atoms with Crippen molar-refractivity contribution in [2.75, 3.05) is 13.1 Å². The summed E-state index contributed by atoms with van der Waals surface area (Å²) in [5.41, 5.74) is 5.25. The normalized spacial score (nSPS) is 20.9. The second-order valence-electron chi connectivity index (χ2n) is 2.59. The Bertz CT molecular complexity index is 151. The Morgan fingerprint density at radius 3 is 3.00 bits per heavy atom. The zero-order valence-corrected chi connectivity index (χ0v) is 6.19. The number of nitrogens with two attached hydrogens (primary N) is 1. The van der Waals surface area contributed by atoms with Gasteiger partial charge in [0.1, 0.15) is 0 Å². The summed E-state index contributed by atoms with van der Waals surface area (Å²) in [6, 6.07) is 0. The fraction of sp³-hybridized carbons (Fsp3) is 0.833. The van der Waals surface area contributed by atoms with Crippen molar-refractivity contribution in [2.24, 2.45) is 5.73 Å². The van der Waals surface area contributed by atoms with Crippen LogP contribution >= 0.6 is 0 Å². The molecule has 0 aromatic carbocycles. The van der Waals surface area contributed by atoms with Crippen molar-refractivity contribution < 1.29 is 14.9 Å². The zero-order chi connectivity index (χ0) is 8.27. The second-order valence-corrected chi connectivity index (χ2v) is 2.59. The van der Waals surface area contributed by atoms with Crippen LogP contribution in [0.3, 0.4) is 0 Å². The van der Waals surface area contributed by atoms with Gasteiger partial charge in [-0.05, 0) is 6.42 Å². The third-order valence-corrected chi connectivity index (χ3v) is 1.71. The van der Waals surface area contributed by atoms with Crippen molar-refractivity contribution in [3.05, 3.63) is 0 Å². The summed E-state index contributed by atoms with van der Waals surface area (Å²) < 4.78 is 0. The number of carbonyl (C=O) groups excluding carboxylic acids is 1. The lowest BCUT2D eigenvalue weighted by molar-refractivity contribution is -0.278. The van der Waals surface area contributed by atoms with E-state index in [-0.39, 0.29) is 12.5 Å². The number of hydrogen-bond acceptors (Lipinski definition) is 4. The Kier molecular flexibility index (Phi) is 2.81. The van der Waals surface area contributed by atoms with Gasteiger partial charge in [-0.15, -0.1) is 0 Å². The molecule has 5 heteroatoms. The Morgan fingerprint density at radius 1 is 1.82 bits per heavy atom. The first-order valence-corrected chi connectivity index (χ1v) is 3.57. The van der Waals surface area contributed by atoms with Crippen LogP contribution in [0.25, 0.3) is 0 Å². The van der Waals surface area contributed by atoms with Gasteiger partial charge in [0.2, 0.25) is 5.91 Å². The second kappa shape index (κ2) is 3.66. The van der Waals surface area contributed by atoms with E-state index in [1.807, 2.05) is 0 Å². The van der Waals surface area contributed by atoms with Crippen LogP contribution < -0.4 is 5.73 Å². The molecule has 64 valence electrons. The van der Waals surface area contributed by atoms with E-state index in [2.05, 4.69) is 4.89 Å². The third-order valence-electron chi connectivity index (χ3n) is 1.71. The van der Waals surface area contributed by atoms with Gasteiger partial charge in [-0.25, -0.2) is 4.89 Å². The van der Waals surface area contributed by atoms with Gasteiger partial charge in [-0.1, -0.05) is 0 Å². The minimum atomic E-state index is -0.781. The molecule has 0 saturated carbocycles. The fourth-order valence-electron chi connectivity index (χ4n) is 1.15. The average molecular weight is 160 g/mol. The van der Waals surface area contributed by atoms with E-state index >= 15 is 0 Å². The van der Waals surface area contributed by atoms with E-state index in [9.17, 15) is 4.79 Å². The summed E-state index contributed by atoms with van der Waals surface area (Å²) in [4.78, 5) is 16.4. The Hall–Kier alpha value is -0.650. The number of rotatable bonds is 3. The predicted octanol–water partition coefficient (Wildman–Crippen LogP) is -0.617. The van der Waals surface area contributed by atoms with Gasteiger partial charge in [0.25, 0.3) is 0 Å². The molecule has 1 saturated heterocycles. The molecule has 1 heterocycles. The topological polar surface area (TPSA) is 75.8 Å². The molecule has 1 aliphatic heterocycles. The molecule has 1 fully saturated rings. The van der Waals surface area contributed by atoms with E-state index in [0.29, 0.717) is 6.42 Å². The van der Waals surface area contributed by atoms with E-state index in [4.69, 9.17) is 11.0 Å². The molecule has 1 amide bonds. The minimum absolute atomic E-state index is 0.0810. The molecule has 0 spiro atoms. The van der Waals surface area contributed by atoms with E-state index < -0.39 is 6.23 Å². The lowest BCUT2D eigenvalue weighted by atomic mass is 10.4. The lowest BCUT2D eigenvalue weighted by Crippen LogP contribution is -2.39. The summed E-state index contributed by atoms with van der Waals surface area (Å²) in [5.74, 6) is 0.0810. The van der Waals surface area contributed by atoms with Crippen LogP contribution in [0.2, 0.25) is 0 Å². The number of nitrogens with zero attached hydrogens (tertiary/aromatic N) is 1. The van der Waals surface area contributed by atoms with E-state index in [1.54, 1.807) is 4.90 Å². The van der Waals surface area contributed by atoms with Crippen molar-refractivity contribution in [2.45, 2.75) is 19.1 Å². The van der Waals surface area contributed by atoms with Crippen LogP contribution in [0.15, 0.2) is 0 Å². The molecule has 1 atom stereocenters. The summed E-state index contributed by atoms with van der Waals surface area (Å²) in [7, 11) is 0.